The molecule has 0 bridgehead atoms. The van der Waals surface area contributed by atoms with Crippen LogP contribution < -0.4 is 0 Å². The van der Waals surface area contributed by atoms with Crippen molar-refractivity contribution in [3.8, 4) is 0 Å². The Balaban J connectivity index is 2.06. The van der Waals surface area contributed by atoms with Gasteiger partial charge in [-0.1, -0.05) is 25.0 Å². The minimum Gasteiger partial charge on any atom is -0.395 e. The molecule has 0 aromatic heterocycles. The summed E-state index contributed by atoms with van der Waals surface area (Å²) in [6.07, 6.45) is 4.54. The molecule has 1 unspecified atom stereocenters. The summed E-state index contributed by atoms with van der Waals surface area (Å²) in [6.45, 7) is 2.49. The molecule has 1 rings (SSSR count). The molecule has 0 saturated carbocycles. The molecule has 0 amide bonds. The van der Waals surface area contributed by atoms with Gasteiger partial charge in [-0.3, -0.25) is 0 Å². The molecular weight excluding hydrogens is 100 g/mol. The smallest absolute Gasteiger partial charge is 0.0531 e. The van der Waals surface area contributed by atoms with E-state index in [0.717, 1.165) is 0 Å². The van der Waals surface area contributed by atoms with Crippen LogP contribution in [0, 0.1) is 5.92 Å². The van der Waals surface area contributed by atoms with Crippen molar-refractivity contribution < 1.29 is 5.11 Å². The van der Waals surface area contributed by atoms with Crippen LogP contribution in [-0.2, 0) is 0 Å². The van der Waals surface area contributed by atoms with Gasteiger partial charge in [0.2, 0.25) is 0 Å². The van der Waals surface area contributed by atoms with E-state index in [1.165, 1.54) is 18.4 Å². The van der Waals surface area contributed by atoms with Gasteiger partial charge in [-0.25, -0.2) is 0 Å². The molecule has 0 aliphatic heterocycles. The van der Waals surface area contributed by atoms with Gasteiger partial charge >= 0.3 is 0 Å². The van der Waals surface area contributed by atoms with E-state index in [0.29, 0.717) is 12.5 Å². The van der Waals surface area contributed by atoms with Crippen LogP contribution in [0.2, 0.25) is 0 Å². The highest BCUT2D eigenvalue weighted by Crippen LogP contribution is 2.31. The van der Waals surface area contributed by atoms with E-state index < -0.39 is 0 Å². The fraction of sp³-hybridized carbons (Fsp3) is 0.714. The molecule has 1 heteroatoms. The Hall–Kier alpha value is -0.300. The van der Waals surface area contributed by atoms with Crippen molar-refractivity contribution in [2.24, 2.45) is 5.92 Å². The topological polar surface area (TPSA) is 20.2 Å². The van der Waals surface area contributed by atoms with Crippen LogP contribution in [0.25, 0.3) is 0 Å². The first-order chi connectivity index (χ1) is 3.88. The minimum absolute atomic E-state index is 0.329. The Labute approximate surface area is 50.0 Å². The zero-order valence-corrected chi connectivity index (χ0v) is 5.22. The van der Waals surface area contributed by atoms with Crippen LogP contribution in [-0.4, -0.2) is 11.7 Å². The van der Waals surface area contributed by atoms with E-state index >= 15 is 0 Å². The van der Waals surface area contributed by atoms with Crippen LogP contribution in [0.3, 0.4) is 0 Å². The van der Waals surface area contributed by atoms with Gasteiger partial charge in [-0.15, -0.1) is 0 Å². The third-order valence-corrected chi connectivity index (χ3v) is 1.52. The second kappa shape index (κ2) is 2.31. The lowest BCUT2D eigenvalue weighted by molar-refractivity contribution is 0.282. The highest BCUT2D eigenvalue weighted by molar-refractivity contribution is 5.28. The van der Waals surface area contributed by atoms with Crippen LogP contribution in [0.4, 0.5) is 0 Å². The van der Waals surface area contributed by atoms with Gasteiger partial charge in [0.25, 0.3) is 0 Å². The fourth-order valence-electron chi connectivity index (χ4n) is 0.938. The molecule has 1 N–H and O–H groups in total. The molecule has 8 heavy (non-hydrogen) atoms. The van der Waals surface area contributed by atoms with E-state index in [2.05, 4.69) is 13.0 Å². The van der Waals surface area contributed by atoms with Gasteiger partial charge in [0.15, 0.2) is 0 Å². The number of aliphatic hydroxyl groups excluding tert-OH is 1. The highest BCUT2D eigenvalue weighted by Gasteiger charge is 2.21. The second-order valence-corrected chi connectivity index (χ2v) is 2.28. The van der Waals surface area contributed by atoms with E-state index in [9.17, 15) is 0 Å². The number of hydrogen-bond acceptors (Lipinski definition) is 1. The molecule has 1 nitrogen and oxygen atoms in total. The van der Waals surface area contributed by atoms with Crippen LogP contribution in [0.15, 0.2) is 11.6 Å². The Morgan fingerprint density at radius 2 is 2.50 bits per heavy atom. The molecule has 1 aliphatic rings. The van der Waals surface area contributed by atoms with Gasteiger partial charge in [-0.2, -0.15) is 0 Å². The van der Waals surface area contributed by atoms with Crippen LogP contribution >= 0.6 is 0 Å². The predicted molar refractivity (Wildman–Crippen MR) is 33.6 cm³/mol. The van der Waals surface area contributed by atoms with Crippen molar-refractivity contribution in [2.75, 3.05) is 6.61 Å². The highest BCUT2D eigenvalue weighted by atomic mass is 16.3. The fourth-order valence-corrected chi connectivity index (χ4v) is 0.938. The summed E-state index contributed by atoms with van der Waals surface area (Å²) in [5, 5.41) is 8.55. The van der Waals surface area contributed by atoms with Crippen molar-refractivity contribution >= 4 is 0 Å². The molecule has 0 aromatic carbocycles. The second-order valence-electron chi connectivity index (χ2n) is 2.28. The first-order valence-electron chi connectivity index (χ1n) is 3.20. The average molecular weight is 112 g/mol. The maximum absolute atomic E-state index is 8.55. The lowest BCUT2D eigenvalue weighted by atomic mass is 10.2. The van der Waals surface area contributed by atoms with Crippen molar-refractivity contribution in [1.29, 1.82) is 0 Å². The standard InChI is InChI=1S/C7H12O/c1-2-3-6-4-7(6)5-8/h4,7-8H,2-3,5H2,1H3. The zero-order chi connectivity index (χ0) is 5.98. The minimum atomic E-state index is 0.329. The predicted octanol–water partition coefficient (Wildman–Crippen LogP) is 1.33. The number of aliphatic hydroxyl groups is 1. The van der Waals surface area contributed by atoms with E-state index in [1.54, 1.807) is 0 Å². The summed E-state index contributed by atoms with van der Waals surface area (Å²) in [7, 11) is 0. The van der Waals surface area contributed by atoms with E-state index in [-0.39, 0.29) is 0 Å². The van der Waals surface area contributed by atoms with Gasteiger partial charge in [0.05, 0.1) is 6.61 Å². The lowest BCUT2D eigenvalue weighted by Gasteiger charge is -1.89. The third kappa shape index (κ3) is 1.10. The van der Waals surface area contributed by atoms with Gasteiger partial charge in [0.1, 0.15) is 0 Å². The van der Waals surface area contributed by atoms with Gasteiger partial charge in [0, 0.05) is 5.92 Å². The Morgan fingerprint density at radius 3 is 2.88 bits per heavy atom. The SMILES string of the molecule is CCCC1=CC1CO. The molecule has 1 atom stereocenters. The normalized spacial score (nSPS) is 25.2. The van der Waals surface area contributed by atoms with Crippen molar-refractivity contribution in [2.45, 2.75) is 19.8 Å². The van der Waals surface area contributed by atoms with E-state index in [1.807, 2.05) is 0 Å². The molecule has 0 saturated heterocycles. The monoisotopic (exact) mass is 112 g/mol. The molecule has 0 fully saturated rings. The van der Waals surface area contributed by atoms with Crippen molar-refractivity contribution in [3.63, 3.8) is 0 Å². The number of rotatable bonds is 3. The third-order valence-electron chi connectivity index (χ3n) is 1.52. The average Bonchev–Trinajstić information content (AvgIpc) is 2.48. The number of hydrogen-bond donors (Lipinski definition) is 1. The first-order valence-corrected chi connectivity index (χ1v) is 3.20. The summed E-state index contributed by atoms with van der Waals surface area (Å²) < 4.78 is 0. The van der Waals surface area contributed by atoms with Gasteiger partial charge in [-0.05, 0) is 6.42 Å². The Kier molecular flexibility index (Phi) is 1.69. The van der Waals surface area contributed by atoms with Crippen molar-refractivity contribution in [1.82, 2.24) is 0 Å². The molecule has 0 radical (unpaired) electrons. The van der Waals surface area contributed by atoms with Gasteiger partial charge < -0.3 is 5.11 Å². The molecular formula is C7H12O. The zero-order valence-electron chi connectivity index (χ0n) is 5.22. The van der Waals surface area contributed by atoms with Crippen LogP contribution in [0.1, 0.15) is 19.8 Å². The maximum atomic E-state index is 8.55. The maximum Gasteiger partial charge on any atom is 0.0531 e. The Morgan fingerprint density at radius 1 is 1.75 bits per heavy atom. The largest absolute Gasteiger partial charge is 0.395 e. The molecule has 46 valence electrons. The lowest BCUT2D eigenvalue weighted by Crippen LogP contribution is -1.87. The quantitative estimate of drug-likeness (QED) is 0.546. The molecule has 0 spiro atoms. The summed E-state index contributed by atoms with van der Waals surface area (Å²) in [5.74, 6) is 0.468. The summed E-state index contributed by atoms with van der Waals surface area (Å²) in [4.78, 5) is 0. The molecule has 1 aliphatic carbocycles. The van der Waals surface area contributed by atoms with E-state index in [4.69, 9.17) is 5.11 Å². The first kappa shape index (κ1) is 5.83. The summed E-state index contributed by atoms with van der Waals surface area (Å²) in [5.41, 5.74) is 1.45. The Bertz CT molecular complexity index is 105. The summed E-state index contributed by atoms with van der Waals surface area (Å²) in [6, 6.07) is 0. The molecule has 0 aromatic rings. The summed E-state index contributed by atoms with van der Waals surface area (Å²) >= 11 is 0. The molecule has 0 heterocycles. The van der Waals surface area contributed by atoms with Crippen molar-refractivity contribution in [3.05, 3.63) is 11.6 Å². The van der Waals surface area contributed by atoms with Crippen LogP contribution in [0.5, 0.6) is 0 Å².